The van der Waals surface area contributed by atoms with Gasteiger partial charge in [0.25, 0.3) is 0 Å². The first-order valence-corrected chi connectivity index (χ1v) is 6.65. The van der Waals surface area contributed by atoms with Crippen molar-refractivity contribution in [3.8, 4) is 0 Å². The molecule has 2 heteroatoms. The van der Waals surface area contributed by atoms with E-state index in [0.29, 0.717) is 17.9 Å². The third-order valence-corrected chi connectivity index (χ3v) is 4.29. The Bertz CT molecular complexity index is 237. The van der Waals surface area contributed by atoms with Gasteiger partial charge in [0.1, 0.15) is 0 Å². The fourth-order valence-electron chi connectivity index (χ4n) is 3.00. The summed E-state index contributed by atoms with van der Waals surface area (Å²) in [6.45, 7) is 0. The summed E-state index contributed by atoms with van der Waals surface area (Å²) in [5, 5.41) is 3.34. The number of hydrogen-bond acceptors (Lipinski definition) is 1. The highest BCUT2D eigenvalue weighted by Gasteiger charge is 2.42. The Morgan fingerprint density at radius 1 is 0.933 bits per heavy atom. The molecule has 0 aromatic heterocycles. The Labute approximate surface area is 91.8 Å². The summed E-state index contributed by atoms with van der Waals surface area (Å²) in [6, 6.07) is 0.554. The molecule has 1 amide bonds. The maximum atomic E-state index is 12.0. The third kappa shape index (κ3) is 2.19. The van der Waals surface area contributed by atoms with Crippen molar-refractivity contribution in [2.24, 2.45) is 17.8 Å². The summed E-state index contributed by atoms with van der Waals surface area (Å²) in [5.74, 6) is 2.40. The Hall–Kier alpha value is -0.530. The van der Waals surface area contributed by atoms with E-state index < -0.39 is 0 Å². The lowest BCUT2D eigenvalue weighted by Gasteiger charge is -2.20. The van der Waals surface area contributed by atoms with Crippen LogP contribution in [0.2, 0.25) is 0 Å². The molecule has 0 aromatic carbocycles. The maximum Gasteiger partial charge on any atom is 0.223 e. The summed E-state index contributed by atoms with van der Waals surface area (Å²) in [4.78, 5) is 12.0. The molecule has 0 spiro atoms. The van der Waals surface area contributed by atoms with Gasteiger partial charge in [-0.05, 0) is 50.4 Å². The van der Waals surface area contributed by atoms with Gasteiger partial charge in [0.05, 0.1) is 0 Å². The van der Waals surface area contributed by atoms with Crippen LogP contribution < -0.4 is 5.32 Å². The number of amides is 1. The minimum atomic E-state index is 0.352. The van der Waals surface area contributed by atoms with E-state index in [0.717, 1.165) is 24.7 Å². The van der Waals surface area contributed by atoms with Gasteiger partial charge in [-0.1, -0.05) is 12.8 Å². The van der Waals surface area contributed by atoms with Crippen molar-refractivity contribution in [1.82, 2.24) is 5.32 Å². The van der Waals surface area contributed by atoms with Gasteiger partial charge in [0.15, 0.2) is 0 Å². The Kier molecular flexibility index (Phi) is 2.45. The predicted molar refractivity (Wildman–Crippen MR) is 59.3 cm³/mol. The fourth-order valence-corrected chi connectivity index (χ4v) is 3.00. The first-order chi connectivity index (χ1) is 7.34. The van der Waals surface area contributed by atoms with Crippen molar-refractivity contribution in [1.29, 1.82) is 0 Å². The summed E-state index contributed by atoms with van der Waals surface area (Å²) < 4.78 is 0. The van der Waals surface area contributed by atoms with Gasteiger partial charge in [-0.25, -0.2) is 0 Å². The zero-order valence-corrected chi connectivity index (χ0v) is 9.37. The Morgan fingerprint density at radius 2 is 1.47 bits per heavy atom. The summed E-state index contributed by atoms with van der Waals surface area (Å²) in [6.07, 6.45) is 10.2. The molecule has 0 bridgehead atoms. The molecule has 3 fully saturated rings. The van der Waals surface area contributed by atoms with Gasteiger partial charge >= 0.3 is 0 Å². The molecule has 0 aromatic rings. The van der Waals surface area contributed by atoms with Gasteiger partial charge in [0.2, 0.25) is 5.91 Å². The van der Waals surface area contributed by atoms with Crippen LogP contribution in [0.5, 0.6) is 0 Å². The third-order valence-electron chi connectivity index (χ3n) is 4.29. The average molecular weight is 207 g/mol. The monoisotopic (exact) mass is 207 g/mol. The van der Waals surface area contributed by atoms with E-state index in [4.69, 9.17) is 0 Å². The molecular weight excluding hydrogens is 186 g/mol. The van der Waals surface area contributed by atoms with Crippen LogP contribution in [0.3, 0.4) is 0 Å². The molecule has 3 aliphatic carbocycles. The van der Waals surface area contributed by atoms with Crippen LogP contribution in [-0.4, -0.2) is 11.9 Å². The number of rotatable bonds is 4. The van der Waals surface area contributed by atoms with Crippen LogP contribution in [0.1, 0.15) is 51.4 Å². The largest absolute Gasteiger partial charge is 0.353 e. The van der Waals surface area contributed by atoms with E-state index in [2.05, 4.69) is 5.32 Å². The second kappa shape index (κ2) is 3.80. The molecule has 3 rings (SSSR count). The van der Waals surface area contributed by atoms with Crippen molar-refractivity contribution in [3.63, 3.8) is 0 Å². The minimum Gasteiger partial charge on any atom is -0.353 e. The van der Waals surface area contributed by atoms with E-state index >= 15 is 0 Å². The summed E-state index contributed by atoms with van der Waals surface area (Å²) in [5.41, 5.74) is 0. The highest BCUT2D eigenvalue weighted by Crippen LogP contribution is 2.44. The first-order valence-electron chi connectivity index (χ1n) is 6.65. The second-order valence-electron chi connectivity index (χ2n) is 5.69. The van der Waals surface area contributed by atoms with Gasteiger partial charge in [-0.2, -0.15) is 0 Å². The number of carbonyl (C=O) groups is 1. The molecule has 3 saturated carbocycles. The molecule has 84 valence electrons. The fraction of sp³-hybridized carbons (Fsp3) is 0.923. The van der Waals surface area contributed by atoms with E-state index in [1.54, 1.807) is 0 Å². The van der Waals surface area contributed by atoms with Gasteiger partial charge < -0.3 is 5.32 Å². The smallest absolute Gasteiger partial charge is 0.223 e. The molecule has 15 heavy (non-hydrogen) atoms. The zero-order valence-electron chi connectivity index (χ0n) is 9.37. The second-order valence-corrected chi connectivity index (χ2v) is 5.69. The standard InChI is InChI=1S/C13H21NO/c15-13(11-3-1-2-4-11)14-12(9-5-6-9)10-7-8-10/h9-12H,1-8H2,(H,14,15). The van der Waals surface area contributed by atoms with Crippen LogP contribution in [0.15, 0.2) is 0 Å². The van der Waals surface area contributed by atoms with E-state index in [9.17, 15) is 4.79 Å². The molecule has 2 nitrogen and oxygen atoms in total. The van der Waals surface area contributed by atoms with Crippen LogP contribution in [0, 0.1) is 17.8 Å². The molecule has 0 saturated heterocycles. The Morgan fingerprint density at radius 3 is 1.93 bits per heavy atom. The lowest BCUT2D eigenvalue weighted by atomic mass is 10.0. The number of nitrogens with one attached hydrogen (secondary N) is 1. The molecule has 1 N–H and O–H groups in total. The normalized spacial score (nSPS) is 27.3. The van der Waals surface area contributed by atoms with E-state index in [1.165, 1.54) is 38.5 Å². The topological polar surface area (TPSA) is 29.1 Å². The summed E-state index contributed by atoms with van der Waals surface area (Å²) in [7, 11) is 0. The zero-order chi connectivity index (χ0) is 10.3. The first kappa shape index (κ1) is 9.68. The van der Waals surface area contributed by atoms with Crippen molar-refractivity contribution in [2.75, 3.05) is 0 Å². The van der Waals surface area contributed by atoms with Crippen molar-refractivity contribution >= 4 is 5.91 Å². The SMILES string of the molecule is O=C(NC(C1CC1)C1CC1)C1CCCC1. The van der Waals surface area contributed by atoms with Crippen LogP contribution in [0.25, 0.3) is 0 Å². The minimum absolute atomic E-state index is 0.352. The van der Waals surface area contributed by atoms with Crippen molar-refractivity contribution in [2.45, 2.75) is 57.4 Å². The van der Waals surface area contributed by atoms with Gasteiger partial charge in [0, 0.05) is 12.0 Å². The van der Waals surface area contributed by atoms with E-state index in [-0.39, 0.29) is 0 Å². The molecular formula is C13H21NO. The highest BCUT2D eigenvalue weighted by atomic mass is 16.2. The lowest BCUT2D eigenvalue weighted by molar-refractivity contribution is -0.125. The average Bonchev–Trinajstić information content (AvgIpc) is 3.15. The van der Waals surface area contributed by atoms with Gasteiger partial charge in [-0.3, -0.25) is 4.79 Å². The van der Waals surface area contributed by atoms with Crippen LogP contribution in [0.4, 0.5) is 0 Å². The Balaban J connectivity index is 1.55. The molecule has 3 aliphatic rings. The summed E-state index contributed by atoms with van der Waals surface area (Å²) >= 11 is 0. The van der Waals surface area contributed by atoms with Crippen molar-refractivity contribution in [3.05, 3.63) is 0 Å². The molecule has 0 unspecified atom stereocenters. The molecule has 0 heterocycles. The molecule has 0 radical (unpaired) electrons. The highest BCUT2D eigenvalue weighted by molar-refractivity contribution is 5.79. The lowest BCUT2D eigenvalue weighted by Crippen LogP contribution is -2.40. The number of hydrogen-bond donors (Lipinski definition) is 1. The molecule has 0 aliphatic heterocycles. The maximum absolute atomic E-state index is 12.0. The quantitative estimate of drug-likeness (QED) is 0.754. The predicted octanol–water partition coefficient (Wildman–Crippen LogP) is 2.48. The van der Waals surface area contributed by atoms with Crippen LogP contribution >= 0.6 is 0 Å². The van der Waals surface area contributed by atoms with Crippen LogP contribution in [-0.2, 0) is 4.79 Å². The van der Waals surface area contributed by atoms with Gasteiger partial charge in [-0.15, -0.1) is 0 Å². The van der Waals surface area contributed by atoms with Crippen molar-refractivity contribution < 1.29 is 4.79 Å². The number of carbonyl (C=O) groups excluding carboxylic acids is 1. The molecule has 0 atom stereocenters. The van der Waals surface area contributed by atoms with E-state index in [1.807, 2.05) is 0 Å².